The van der Waals surface area contributed by atoms with Gasteiger partial charge in [-0.1, -0.05) is 19.1 Å². The number of thiocarbonyl (C=S) groups is 1. The number of carbonyl (C=O) groups excluding carboxylic acids is 1. The largest absolute Gasteiger partial charge is 0.389 e. The molecular weight excluding hydrogens is 252 g/mol. The molecule has 18 heavy (non-hydrogen) atoms. The number of ether oxygens (including phenoxy) is 1. The monoisotopic (exact) mass is 268 g/mol. The topological polar surface area (TPSA) is 82.2 Å². The number of hydrogen-bond acceptors (Lipinski definition) is 4. The second kappa shape index (κ2) is 5.03. The summed E-state index contributed by atoms with van der Waals surface area (Å²) < 4.78 is 6.94. The summed E-state index contributed by atoms with van der Waals surface area (Å²) in [5, 5.41) is 6.81. The van der Waals surface area contributed by atoms with E-state index >= 15 is 0 Å². The highest BCUT2D eigenvalue weighted by molar-refractivity contribution is 7.80. The van der Waals surface area contributed by atoms with Crippen molar-refractivity contribution in [2.24, 2.45) is 18.7 Å². The number of nitrogens with one attached hydrogen (secondary N) is 1. The molecule has 6 nitrogen and oxygen atoms in total. The third-order valence-corrected chi connectivity index (χ3v) is 3.31. The van der Waals surface area contributed by atoms with Crippen molar-refractivity contribution in [1.29, 1.82) is 0 Å². The maximum atomic E-state index is 12.1. The van der Waals surface area contributed by atoms with Crippen LogP contribution in [0, 0.1) is 5.92 Å². The molecule has 2 heterocycles. The molecule has 1 amide bonds. The molecule has 0 bridgehead atoms. The highest BCUT2D eigenvalue weighted by Crippen LogP contribution is 2.22. The zero-order valence-corrected chi connectivity index (χ0v) is 11.2. The highest BCUT2D eigenvalue weighted by atomic mass is 32.1. The zero-order chi connectivity index (χ0) is 13.3. The molecule has 2 unspecified atom stereocenters. The number of aromatic nitrogens is 2. The maximum absolute atomic E-state index is 12.1. The fraction of sp³-hybridized carbons (Fsp3) is 0.545. The van der Waals surface area contributed by atoms with E-state index in [-0.39, 0.29) is 16.8 Å². The average molecular weight is 268 g/mol. The van der Waals surface area contributed by atoms with E-state index in [9.17, 15) is 4.79 Å². The first-order chi connectivity index (χ1) is 8.50. The van der Waals surface area contributed by atoms with Gasteiger partial charge in [0, 0.05) is 13.7 Å². The maximum Gasteiger partial charge on any atom is 0.254 e. The van der Waals surface area contributed by atoms with E-state index < -0.39 is 6.10 Å². The summed E-state index contributed by atoms with van der Waals surface area (Å²) in [6.45, 7) is 2.61. The van der Waals surface area contributed by atoms with Crippen LogP contribution in [-0.2, 0) is 16.6 Å². The predicted molar refractivity (Wildman–Crippen MR) is 71.2 cm³/mol. The Bertz CT molecular complexity index is 485. The zero-order valence-electron chi connectivity index (χ0n) is 10.3. The number of nitrogens with two attached hydrogens (primary N) is 1. The molecule has 1 aliphatic heterocycles. The van der Waals surface area contributed by atoms with Crippen LogP contribution in [0.1, 0.15) is 18.9 Å². The molecule has 0 spiro atoms. The third-order valence-electron chi connectivity index (χ3n) is 3.09. The van der Waals surface area contributed by atoms with Gasteiger partial charge in [0.05, 0.1) is 11.8 Å². The molecular formula is C11H16N4O2S. The first kappa shape index (κ1) is 13.0. The van der Waals surface area contributed by atoms with Gasteiger partial charge in [-0.05, 0) is 12.3 Å². The van der Waals surface area contributed by atoms with Crippen LogP contribution in [0.15, 0.2) is 6.20 Å². The second-order valence-electron chi connectivity index (χ2n) is 4.44. The van der Waals surface area contributed by atoms with Gasteiger partial charge < -0.3 is 15.8 Å². The molecule has 0 aromatic carbocycles. The van der Waals surface area contributed by atoms with E-state index in [1.165, 1.54) is 10.9 Å². The summed E-state index contributed by atoms with van der Waals surface area (Å²) in [6.07, 6.45) is 2.02. The standard InChI is InChI=1S/C11H16N4O2S/c1-6-3-4-17-8(6)11(16)14-10-7(9(12)18)5-13-15(10)2/h5-6,8H,3-4H2,1-2H3,(H2,12,18)(H,14,16). The molecule has 3 N–H and O–H groups in total. The van der Waals surface area contributed by atoms with Gasteiger partial charge >= 0.3 is 0 Å². The Labute approximate surface area is 110 Å². The van der Waals surface area contributed by atoms with E-state index in [1.807, 2.05) is 6.92 Å². The van der Waals surface area contributed by atoms with Crippen molar-refractivity contribution in [3.05, 3.63) is 11.8 Å². The summed E-state index contributed by atoms with van der Waals surface area (Å²) in [6, 6.07) is 0. The van der Waals surface area contributed by atoms with Crippen molar-refractivity contribution in [2.45, 2.75) is 19.4 Å². The van der Waals surface area contributed by atoms with Crippen molar-refractivity contribution >= 4 is 28.9 Å². The van der Waals surface area contributed by atoms with E-state index in [1.54, 1.807) is 7.05 Å². The number of aryl methyl sites for hydroxylation is 1. The minimum absolute atomic E-state index is 0.180. The Kier molecular flexibility index (Phi) is 3.63. The lowest BCUT2D eigenvalue weighted by Gasteiger charge is -2.15. The molecule has 0 aliphatic carbocycles. The van der Waals surface area contributed by atoms with Crippen LogP contribution in [0.2, 0.25) is 0 Å². The minimum atomic E-state index is -0.418. The Balaban J connectivity index is 2.16. The molecule has 1 saturated heterocycles. The molecule has 1 fully saturated rings. The van der Waals surface area contributed by atoms with Crippen molar-refractivity contribution < 1.29 is 9.53 Å². The lowest BCUT2D eigenvalue weighted by molar-refractivity contribution is -0.126. The van der Waals surface area contributed by atoms with E-state index in [4.69, 9.17) is 22.7 Å². The molecule has 7 heteroatoms. The van der Waals surface area contributed by atoms with Crippen LogP contribution in [0.25, 0.3) is 0 Å². The van der Waals surface area contributed by atoms with Gasteiger partial charge in [-0.3, -0.25) is 9.48 Å². The summed E-state index contributed by atoms with van der Waals surface area (Å²) in [5.41, 5.74) is 6.14. The highest BCUT2D eigenvalue weighted by Gasteiger charge is 2.31. The van der Waals surface area contributed by atoms with Crippen LogP contribution >= 0.6 is 12.2 Å². The Morgan fingerprint density at radius 2 is 2.44 bits per heavy atom. The Hall–Kier alpha value is -1.47. The summed E-state index contributed by atoms with van der Waals surface area (Å²) in [7, 11) is 1.72. The van der Waals surface area contributed by atoms with Crippen LogP contribution in [-0.4, -0.2) is 33.4 Å². The Morgan fingerprint density at radius 3 is 3.00 bits per heavy atom. The first-order valence-electron chi connectivity index (χ1n) is 5.75. The molecule has 98 valence electrons. The third kappa shape index (κ3) is 2.37. The molecule has 1 aromatic rings. The van der Waals surface area contributed by atoms with Gasteiger partial charge in [-0.15, -0.1) is 0 Å². The number of rotatable bonds is 3. The molecule has 0 radical (unpaired) electrons. The number of anilines is 1. The van der Waals surface area contributed by atoms with Crippen molar-refractivity contribution in [1.82, 2.24) is 9.78 Å². The summed E-state index contributed by atoms with van der Waals surface area (Å²) in [5.74, 6) is 0.544. The van der Waals surface area contributed by atoms with Crippen LogP contribution in [0.3, 0.4) is 0 Å². The summed E-state index contributed by atoms with van der Waals surface area (Å²) >= 11 is 4.92. The van der Waals surface area contributed by atoms with E-state index in [2.05, 4.69) is 10.4 Å². The van der Waals surface area contributed by atoms with Gasteiger partial charge in [-0.25, -0.2) is 0 Å². The van der Waals surface area contributed by atoms with Crippen molar-refractivity contribution in [2.75, 3.05) is 11.9 Å². The lowest BCUT2D eigenvalue weighted by atomic mass is 10.0. The van der Waals surface area contributed by atoms with Crippen LogP contribution in [0.5, 0.6) is 0 Å². The normalized spacial score (nSPS) is 23.0. The smallest absolute Gasteiger partial charge is 0.254 e. The average Bonchev–Trinajstić information content (AvgIpc) is 2.86. The van der Waals surface area contributed by atoms with E-state index in [0.717, 1.165) is 6.42 Å². The fourth-order valence-corrected chi connectivity index (χ4v) is 2.13. The first-order valence-corrected chi connectivity index (χ1v) is 6.15. The van der Waals surface area contributed by atoms with E-state index in [0.29, 0.717) is 18.0 Å². The Morgan fingerprint density at radius 1 is 1.72 bits per heavy atom. The van der Waals surface area contributed by atoms with Gasteiger partial charge in [0.2, 0.25) is 0 Å². The lowest BCUT2D eigenvalue weighted by Crippen LogP contribution is -2.32. The number of hydrogen-bond donors (Lipinski definition) is 2. The van der Waals surface area contributed by atoms with Gasteiger partial charge in [0.1, 0.15) is 16.9 Å². The molecule has 2 rings (SSSR count). The minimum Gasteiger partial charge on any atom is -0.389 e. The number of carbonyl (C=O) groups is 1. The fourth-order valence-electron chi connectivity index (χ4n) is 1.98. The SMILES string of the molecule is CC1CCOC1C(=O)Nc1c(C(N)=S)cnn1C. The van der Waals surface area contributed by atoms with Gasteiger partial charge in [0.15, 0.2) is 0 Å². The number of nitrogens with zero attached hydrogens (tertiary/aromatic N) is 2. The number of amides is 1. The summed E-state index contributed by atoms with van der Waals surface area (Å²) in [4.78, 5) is 12.3. The van der Waals surface area contributed by atoms with Gasteiger partial charge in [-0.2, -0.15) is 5.10 Å². The molecule has 1 aromatic heterocycles. The van der Waals surface area contributed by atoms with Crippen molar-refractivity contribution in [3.63, 3.8) is 0 Å². The molecule has 1 aliphatic rings. The van der Waals surface area contributed by atoms with Crippen LogP contribution in [0.4, 0.5) is 5.82 Å². The van der Waals surface area contributed by atoms with Crippen molar-refractivity contribution in [3.8, 4) is 0 Å². The van der Waals surface area contributed by atoms with Gasteiger partial charge in [0.25, 0.3) is 5.91 Å². The second-order valence-corrected chi connectivity index (χ2v) is 4.88. The quantitative estimate of drug-likeness (QED) is 0.776. The predicted octanol–water partition coefficient (Wildman–Crippen LogP) is 0.418. The molecule has 2 atom stereocenters. The van der Waals surface area contributed by atoms with Crippen LogP contribution < -0.4 is 11.1 Å². The molecule has 0 saturated carbocycles.